The molecule has 0 saturated heterocycles. The highest BCUT2D eigenvalue weighted by atomic mass is 19.4. The Labute approximate surface area is 359 Å². The Bertz CT molecular complexity index is 2280. The van der Waals surface area contributed by atoms with Gasteiger partial charge in [-0.2, -0.15) is 79.0 Å². The number of aromatic hydroxyl groups is 1. The first kappa shape index (κ1) is 55.1. The third kappa shape index (κ3) is 9.52. The predicted octanol–water partition coefficient (Wildman–Crippen LogP) is 12.0. The summed E-state index contributed by atoms with van der Waals surface area (Å²) in [5.74, 6) is -1.00. The first-order valence-electron chi connectivity index (χ1n) is 18.6. The molecule has 0 aromatic heterocycles. The van der Waals surface area contributed by atoms with E-state index in [1.165, 1.54) is 40.7 Å². The molecule has 0 fully saturated rings. The SMILES string of the molecule is Cc1cc(C(C)(C)c2cc(C)c(C(C)(C)c3cc(C)c(O)c(C(C)(O)C(F)(F)F)c3)c(C(C)(O)C(F)(F)F)c2)ccc1/C(=C/C(O)(C(F)(F)F)C(F)(F)F)CC(O)(C(F)(F)F)C(F)(F)F. The van der Waals surface area contributed by atoms with E-state index in [-0.39, 0.29) is 33.4 Å². The van der Waals surface area contributed by atoms with E-state index in [2.05, 4.69) is 0 Å². The van der Waals surface area contributed by atoms with Gasteiger partial charge in [-0.1, -0.05) is 64.1 Å². The lowest BCUT2D eigenvalue weighted by atomic mass is 9.67. The maximum absolute atomic E-state index is 14.8. The van der Waals surface area contributed by atoms with Crippen LogP contribution in [-0.4, -0.2) is 73.8 Å². The van der Waals surface area contributed by atoms with E-state index in [4.69, 9.17) is 0 Å². The summed E-state index contributed by atoms with van der Waals surface area (Å²) in [6.07, 6.45) is -42.5. The summed E-state index contributed by atoms with van der Waals surface area (Å²) in [5.41, 5.74) is -30.4. The van der Waals surface area contributed by atoms with Crippen molar-refractivity contribution in [2.24, 2.45) is 0 Å². The fourth-order valence-electron chi connectivity index (χ4n) is 7.34. The molecule has 65 heavy (non-hydrogen) atoms. The summed E-state index contributed by atoms with van der Waals surface area (Å²) in [4.78, 5) is 0. The average molecular weight is 969 g/mol. The maximum atomic E-state index is 14.8. The monoisotopic (exact) mass is 968 g/mol. The molecule has 3 aromatic rings. The van der Waals surface area contributed by atoms with Crippen LogP contribution in [0.5, 0.6) is 5.75 Å². The lowest BCUT2D eigenvalue weighted by Gasteiger charge is -2.39. The molecule has 2 unspecified atom stereocenters. The Morgan fingerprint density at radius 2 is 0.846 bits per heavy atom. The fourth-order valence-corrected chi connectivity index (χ4v) is 7.34. The van der Waals surface area contributed by atoms with Gasteiger partial charge in [-0.3, -0.25) is 0 Å². The minimum Gasteiger partial charge on any atom is -0.507 e. The van der Waals surface area contributed by atoms with Crippen molar-refractivity contribution in [2.45, 2.75) is 139 Å². The summed E-state index contributed by atoms with van der Waals surface area (Å²) in [6.45, 7) is 8.83. The molecule has 23 heteroatoms. The van der Waals surface area contributed by atoms with Crippen molar-refractivity contribution in [2.75, 3.05) is 0 Å². The number of benzene rings is 3. The quantitative estimate of drug-likeness (QED) is 0.130. The van der Waals surface area contributed by atoms with Crippen LogP contribution in [0.15, 0.2) is 48.5 Å². The number of alkyl halides is 18. The summed E-state index contributed by atoms with van der Waals surface area (Å²) < 4.78 is 252. The van der Waals surface area contributed by atoms with E-state index >= 15 is 0 Å². The fraction of sp³-hybridized carbons (Fsp3) is 0.524. The van der Waals surface area contributed by atoms with Crippen molar-refractivity contribution in [3.05, 3.63) is 104 Å². The number of aryl methyl sites for hydroxylation is 3. The minimum absolute atomic E-state index is 0.106. The molecule has 0 aliphatic rings. The number of halogens is 18. The zero-order chi connectivity index (χ0) is 51.3. The van der Waals surface area contributed by atoms with Gasteiger partial charge < -0.3 is 25.5 Å². The van der Waals surface area contributed by atoms with Crippen LogP contribution in [0.1, 0.15) is 104 Å². The molecule has 0 bridgehead atoms. The minimum atomic E-state index is -6.82. The molecular weight excluding hydrogens is 926 g/mol. The molecule has 3 aromatic carbocycles. The van der Waals surface area contributed by atoms with Crippen LogP contribution in [-0.2, 0) is 22.0 Å². The van der Waals surface area contributed by atoms with E-state index in [0.29, 0.717) is 26.0 Å². The van der Waals surface area contributed by atoms with Crippen LogP contribution in [0, 0.1) is 20.8 Å². The number of phenolic OH excluding ortho intramolecular Hbond substituents is 1. The molecular formula is C42H42F18O5. The summed E-state index contributed by atoms with van der Waals surface area (Å²) in [5, 5.41) is 52.0. The Hall–Kier alpha value is -4.22. The number of rotatable bonds is 10. The van der Waals surface area contributed by atoms with E-state index in [0.717, 1.165) is 38.1 Å². The molecule has 0 spiro atoms. The molecule has 366 valence electrons. The van der Waals surface area contributed by atoms with Crippen molar-refractivity contribution in [3.8, 4) is 5.75 Å². The van der Waals surface area contributed by atoms with Crippen LogP contribution >= 0.6 is 0 Å². The van der Waals surface area contributed by atoms with Crippen LogP contribution in [0.4, 0.5) is 79.0 Å². The van der Waals surface area contributed by atoms with Gasteiger partial charge in [-0.25, -0.2) is 0 Å². The van der Waals surface area contributed by atoms with Gasteiger partial charge in [-0.05, 0) is 102 Å². The van der Waals surface area contributed by atoms with Gasteiger partial charge in [0.05, 0.1) is 0 Å². The van der Waals surface area contributed by atoms with Crippen molar-refractivity contribution in [1.82, 2.24) is 0 Å². The van der Waals surface area contributed by atoms with Gasteiger partial charge in [0.2, 0.25) is 0 Å². The van der Waals surface area contributed by atoms with Gasteiger partial charge in [0.1, 0.15) is 5.75 Å². The molecule has 0 amide bonds. The largest absolute Gasteiger partial charge is 0.507 e. The average Bonchev–Trinajstić information content (AvgIpc) is 3.08. The molecule has 0 aliphatic heterocycles. The second-order valence-electron chi connectivity index (χ2n) is 17.3. The Morgan fingerprint density at radius 1 is 0.462 bits per heavy atom. The zero-order valence-corrected chi connectivity index (χ0v) is 35.4. The summed E-state index contributed by atoms with van der Waals surface area (Å²) in [7, 11) is 0. The number of phenols is 1. The molecule has 5 nitrogen and oxygen atoms in total. The molecule has 3 rings (SSSR count). The summed E-state index contributed by atoms with van der Waals surface area (Å²) >= 11 is 0. The summed E-state index contributed by atoms with van der Waals surface area (Å²) in [6, 6.07) is 5.91. The Morgan fingerprint density at radius 3 is 1.25 bits per heavy atom. The molecule has 0 aliphatic carbocycles. The van der Waals surface area contributed by atoms with Crippen molar-refractivity contribution < 1.29 is 105 Å². The van der Waals surface area contributed by atoms with Gasteiger partial charge in [-0.15, -0.1) is 0 Å². The van der Waals surface area contributed by atoms with E-state index in [1.54, 1.807) is 0 Å². The first-order valence-corrected chi connectivity index (χ1v) is 18.6. The smallest absolute Gasteiger partial charge is 0.430 e. The number of hydrogen-bond acceptors (Lipinski definition) is 5. The third-order valence-corrected chi connectivity index (χ3v) is 11.8. The second-order valence-corrected chi connectivity index (χ2v) is 17.3. The topological polar surface area (TPSA) is 101 Å². The highest BCUT2D eigenvalue weighted by Crippen LogP contribution is 2.53. The van der Waals surface area contributed by atoms with Crippen LogP contribution < -0.4 is 0 Å². The normalized spacial score (nSPS) is 16.7. The maximum Gasteiger partial charge on any atom is 0.430 e. The van der Waals surface area contributed by atoms with E-state index in [1.807, 2.05) is 0 Å². The lowest BCUT2D eigenvalue weighted by molar-refractivity contribution is -0.366. The molecule has 0 radical (unpaired) electrons. The molecule has 0 heterocycles. The lowest BCUT2D eigenvalue weighted by Crippen LogP contribution is -2.58. The van der Waals surface area contributed by atoms with Crippen molar-refractivity contribution in [3.63, 3.8) is 0 Å². The standard InChI is InChI=1S/C42H42F18O5/c1-19-12-23(10-11-26(19)22(17-35(64,39(49,50)51)40(52,53)54)18-36(65,41(55,56)57)42(58,59)60)31(4,5)24-13-20(2)29(27(15-24)33(8,62)37(43,44)45)32(6,7)25-14-21(3)30(61)28(16-25)34(9,63)38(46,47)48/h10-17,61-65H,18H2,1-9H3/b22-17+. The van der Waals surface area contributed by atoms with Gasteiger partial charge in [0.25, 0.3) is 11.2 Å². The van der Waals surface area contributed by atoms with Crippen molar-refractivity contribution in [1.29, 1.82) is 0 Å². The zero-order valence-electron chi connectivity index (χ0n) is 35.4. The Balaban J connectivity index is 2.46. The highest BCUT2D eigenvalue weighted by Gasteiger charge is 2.72. The molecule has 2 atom stereocenters. The molecule has 0 saturated carbocycles. The second kappa shape index (κ2) is 16.2. The van der Waals surface area contributed by atoms with Crippen LogP contribution in [0.3, 0.4) is 0 Å². The molecule has 5 N–H and O–H groups in total. The predicted molar refractivity (Wildman–Crippen MR) is 197 cm³/mol. The first-order chi connectivity index (χ1) is 28.5. The van der Waals surface area contributed by atoms with E-state index < -0.39 is 116 Å². The number of aliphatic hydroxyl groups is 4. The van der Waals surface area contributed by atoms with E-state index in [9.17, 15) is 105 Å². The number of hydrogen-bond donors (Lipinski definition) is 5. The highest BCUT2D eigenvalue weighted by molar-refractivity contribution is 5.71. The third-order valence-electron chi connectivity index (χ3n) is 11.8. The Kier molecular flexibility index (Phi) is 13.8. The van der Waals surface area contributed by atoms with Gasteiger partial charge in [0.15, 0.2) is 11.2 Å². The van der Waals surface area contributed by atoms with Crippen LogP contribution in [0.2, 0.25) is 0 Å². The van der Waals surface area contributed by atoms with Crippen LogP contribution in [0.25, 0.3) is 5.57 Å². The van der Waals surface area contributed by atoms with Gasteiger partial charge in [0, 0.05) is 22.8 Å². The van der Waals surface area contributed by atoms with Gasteiger partial charge >= 0.3 is 37.1 Å². The van der Waals surface area contributed by atoms with Crippen molar-refractivity contribution >= 4 is 5.57 Å².